The van der Waals surface area contributed by atoms with Crippen LogP contribution in [0.25, 0.3) is 0 Å². The number of aromatic nitrogens is 2. The Hall–Kier alpha value is -0.710. The van der Waals surface area contributed by atoms with Crippen molar-refractivity contribution in [1.82, 2.24) is 9.97 Å². The SMILES string of the molecule is COC1(c2nc(Cl)c3c(n2)CCOC3)CCCCCC1. The zero-order valence-electron chi connectivity index (χ0n) is 12.0. The number of rotatable bonds is 2. The Morgan fingerprint density at radius 3 is 2.60 bits per heavy atom. The molecule has 0 atom stereocenters. The molecule has 4 nitrogen and oxygen atoms in total. The summed E-state index contributed by atoms with van der Waals surface area (Å²) >= 11 is 6.34. The van der Waals surface area contributed by atoms with Crippen molar-refractivity contribution < 1.29 is 9.47 Å². The number of halogens is 1. The van der Waals surface area contributed by atoms with Gasteiger partial charge in [0.25, 0.3) is 0 Å². The summed E-state index contributed by atoms with van der Waals surface area (Å²) in [5.41, 5.74) is 1.63. The third kappa shape index (κ3) is 2.57. The zero-order chi connectivity index (χ0) is 14.0. The van der Waals surface area contributed by atoms with Gasteiger partial charge in [-0.3, -0.25) is 0 Å². The summed E-state index contributed by atoms with van der Waals surface area (Å²) in [5.74, 6) is 0.771. The van der Waals surface area contributed by atoms with Crippen LogP contribution in [-0.2, 0) is 28.1 Å². The lowest BCUT2D eigenvalue weighted by Gasteiger charge is -2.31. The molecule has 2 heterocycles. The van der Waals surface area contributed by atoms with Crippen molar-refractivity contribution in [1.29, 1.82) is 0 Å². The van der Waals surface area contributed by atoms with Crippen molar-refractivity contribution in [2.24, 2.45) is 0 Å². The quantitative estimate of drug-likeness (QED) is 0.620. The lowest BCUT2D eigenvalue weighted by atomic mass is 9.92. The van der Waals surface area contributed by atoms with E-state index in [1.165, 1.54) is 12.8 Å². The van der Waals surface area contributed by atoms with Crippen molar-refractivity contribution in [2.45, 2.75) is 57.2 Å². The summed E-state index contributed by atoms with van der Waals surface area (Å²) in [7, 11) is 1.77. The van der Waals surface area contributed by atoms with E-state index in [1.54, 1.807) is 7.11 Å². The zero-order valence-corrected chi connectivity index (χ0v) is 12.7. The van der Waals surface area contributed by atoms with Crippen LogP contribution in [0.3, 0.4) is 0 Å². The molecule has 3 rings (SSSR count). The van der Waals surface area contributed by atoms with E-state index in [0.29, 0.717) is 18.4 Å². The van der Waals surface area contributed by atoms with Gasteiger partial charge < -0.3 is 9.47 Å². The molecular weight excluding hydrogens is 276 g/mol. The van der Waals surface area contributed by atoms with Gasteiger partial charge in [0.2, 0.25) is 0 Å². The van der Waals surface area contributed by atoms with E-state index in [9.17, 15) is 0 Å². The van der Waals surface area contributed by atoms with Crippen LogP contribution in [0.5, 0.6) is 0 Å². The predicted molar refractivity (Wildman–Crippen MR) is 76.8 cm³/mol. The van der Waals surface area contributed by atoms with Gasteiger partial charge in [0.05, 0.1) is 18.9 Å². The van der Waals surface area contributed by atoms with Crippen LogP contribution < -0.4 is 0 Å². The van der Waals surface area contributed by atoms with Crippen LogP contribution in [0.2, 0.25) is 5.15 Å². The largest absolute Gasteiger partial charge is 0.376 e. The Bertz CT molecular complexity index is 485. The second-order valence-electron chi connectivity index (χ2n) is 5.68. The molecule has 0 amide bonds. The molecule has 0 N–H and O–H groups in total. The van der Waals surface area contributed by atoms with Crippen molar-refractivity contribution >= 4 is 11.6 Å². The van der Waals surface area contributed by atoms with E-state index in [4.69, 9.17) is 26.1 Å². The number of hydrogen-bond donors (Lipinski definition) is 0. The Kier molecular flexibility index (Phi) is 4.24. The maximum absolute atomic E-state index is 6.34. The topological polar surface area (TPSA) is 44.2 Å². The third-order valence-corrected chi connectivity index (χ3v) is 4.79. The monoisotopic (exact) mass is 296 g/mol. The number of hydrogen-bond acceptors (Lipinski definition) is 4. The molecule has 2 aliphatic rings. The number of methoxy groups -OCH3 is 1. The van der Waals surface area contributed by atoms with Crippen LogP contribution in [0.15, 0.2) is 0 Å². The molecule has 1 aromatic heterocycles. The highest BCUT2D eigenvalue weighted by molar-refractivity contribution is 6.30. The normalized spacial score (nSPS) is 22.1. The molecule has 0 radical (unpaired) electrons. The number of ether oxygens (including phenoxy) is 2. The second kappa shape index (κ2) is 5.96. The van der Waals surface area contributed by atoms with Crippen molar-refractivity contribution in [3.8, 4) is 0 Å². The summed E-state index contributed by atoms with van der Waals surface area (Å²) in [6.07, 6.45) is 7.62. The maximum Gasteiger partial charge on any atom is 0.162 e. The highest BCUT2D eigenvalue weighted by Gasteiger charge is 2.37. The van der Waals surface area contributed by atoms with Gasteiger partial charge in [0.1, 0.15) is 10.8 Å². The Morgan fingerprint density at radius 2 is 1.90 bits per heavy atom. The molecule has 1 aliphatic heterocycles. The predicted octanol–water partition coefficient (Wildman–Crippen LogP) is 3.40. The van der Waals surface area contributed by atoms with Gasteiger partial charge in [-0.25, -0.2) is 9.97 Å². The summed E-state index contributed by atoms with van der Waals surface area (Å²) in [6, 6.07) is 0. The number of fused-ring (bicyclic) bond motifs is 1. The van der Waals surface area contributed by atoms with Gasteiger partial charge in [-0.1, -0.05) is 37.3 Å². The molecule has 1 aliphatic carbocycles. The maximum atomic E-state index is 6.34. The van der Waals surface area contributed by atoms with Gasteiger partial charge in [0.15, 0.2) is 5.82 Å². The first-order valence-electron chi connectivity index (χ1n) is 7.44. The van der Waals surface area contributed by atoms with E-state index in [0.717, 1.165) is 49.2 Å². The van der Waals surface area contributed by atoms with Gasteiger partial charge in [-0.05, 0) is 12.8 Å². The second-order valence-corrected chi connectivity index (χ2v) is 6.04. The molecule has 0 aromatic carbocycles. The smallest absolute Gasteiger partial charge is 0.162 e. The highest BCUT2D eigenvalue weighted by Crippen LogP contribution is 2.38. The molecule has 1 saturated carbocycles. The fourth-order valence-corrected chi connectivity index (χ4v) is 3.46. The van der Waals surface area contributed by atoms with Crippen LogP contribution in [0, 0.1) is 0 Å². The van der Waals surface area contributed by atoms with Crippen molar-refractivity contribution in [2.75, 3.05) is 13.7 Å². The molecule has 0 bridgehead atoms. The van der Waals surface area contributed by atoms with Gasteiger partial charge in [0, 0.05) is 19.1 Å². The van der Waals surface area contributed by atoms with Crippen LogP contribution in [0.1, 0.15) is 55.6 Å². The van der Waals surface area contributed by atoms with E-state index in [-0.39, 0.29) is 5.60 Å². The lowest BCUT2D eigenvalue weighted by molar-refractivity contribution is -0.0356. The first-order chi connectivity index (χ1) is 9.75. The van der Waals surface area contributed by atoms with Crippen LogP contribution in [0.4, 0.5) is 0 Å². The van der Waals surface area contributed by atoms with Crippen LogP contribution >= 0.6 is 11.6 Å². The van der Waals surface area contributed by atoms with Gasteiger partial charge >= 0.3 is 0 Å². The van der Waals surface area contributed by atoms with E-state index in [2.05, 4.69) is 4.98 Å². The summed E-state index contributed by atoms with van der Waals surface area (Å²) in [4.78, 5) is 9.33. The van der Waals surface area contributed by atoms with E-state index in [1.807, 2.05) is 0 Å². The summed E-state index contributed by atoms with van der Waals surface area (Å²) < 4.78 is 11.3. The Morgan fingerprint density at radius 1 is 1.15 bits per heavy atom. The third-order valence-electron chi connectivity index (χ3n) is 4.48. The minimum Gasteiger partial charge on any atom is -0.376 e. The van der Waals surface area contributed by atoms with Gasteiger partial charge in [-0.2, -0.15) is 0 Å². The molecule has 0 spiro atoms. The summed E-state index contributed by atoms with van der Waals surface area (Å²) in [5, 5.41) is 0.533. The molecule has 20 heavy (non-hydrogen) atoms. The highest BCUT2D eigenvalue weighted by atomic mass is 35.5. The Balaban J connectivity index is 2.01. The Labute approximate surface area is 124 Å². The minimum atomic E-state index is -0.354. The molecule has 0 saturated heterocycles. The molecule has 5 heteroatoms. The van der Waals surface area contributed by atoms with E-state index < -0.39 is 0 Å². The molecule has 1 fully saturated rings. The van der Waals surface area contributed by atoms with E-state index >= 15 is 0 Å². The first kappa shape index (κ1) is 14.2. The average molecular weight is 297 g/mol. The lowest BCUT2D eigenvalue weighted by Crippen LogP contribution is -2.32. The molecule has 0 unspecified atom stereocenters. The average Bonchev–Trinajstić information content (AvgIpc) is 2.73. The fourth-order valence-electron chi connectivity index (χ4n) is 3.22. The van der Waals surface area contributed by atoms with Crippen LogP contribution in [-0.4, -0.2) is 23.7 Å². The minimum absolute atomic E-state index is 0.354. The molecule has 110 valence electrons. The van der Waals surface area contributed by atoms with Crippen molar-refractivity contribution in [3.05, 3.63) is 22.2 Å². The van der Waals surface area contributed by atoms with Gasteiger partial charge in [-0.15, -0.1) is 0 Å². The fraction of sp³-hybridized carbons (Fsp3) is 0.733. The molecule has 1 aromatic rings. The summed E-state index contributed by atoms with van der Waals surface area (Å²) in [6.45, 7) is 1.23. The molecular formula is C15H21ClN2O2. The standard InChI is InChI=1S/C15H21ClN2O2/c1-19-15(7-4-2-3-5-8-15)14-17-12-6-9-20-10-11(12)13(16)18-14/h2-10H2,1H3. The first-order valence-corrected chi connectivity index (χ1v) is 7.82. The number of nitrogens with zero attached hydrogens (tertiary/aromatic N) is 2. The van der Waals surface area contributed by atoms with Crippen molar-refractivity contribution in [3.63, 3.8) is 0 Å².